The largest absolute Gasteiger partial charge is 0.495 e. The van der Waals surface area contributed by atoms with Crippen LogP contribution < -0.4 is 14.5 Å². The number of piperazine rings is 1. The molecular weight excluding hydrogens is 408 g/mol. The van der Waals surface area contributed by atoms with E-state index in [2.05, 4.69) is 42.8 Å². The molecule has 0 bridgehead atoms. The lowest BCUT2D eigenvalue weighted by atomic mass is 10.1. The van der Waals surface area contributed by atoms with E-state index in [-0.39, 0.29) is 18.0 Å². The predicted octanol–water partition coefficient (Wildman–Crippen LogP) is 3.26. The first-order valence-electron chi connectivity index (χ1n) is 11.0. The highest BCUT2D eigenvalue weighted by Gasteiger charge is 2.31. The van der Waals surface area contributed by atoms with Crippen LogP contribution in [0.4, 0.5) is 17.1 Å². The molecule has 0 aromatic heterocycles. The Balaban J connectivity index is 1.60. The molecule has 0 unspecified atom stereocenters. The van der Waals surface area contributed by atoms with Gasteiger partial charge in [0.05, 0.1) is 24.1 Å². The van der Waals surface area contributed by atoms with Crippen molar-refractivity contribution in [2.75, 3.05) is 43.6 Å². The van der Waals surface area contributed by atoms with E-state index < -0.39 is 4.92 Å². The van der Waals surface area contributed by atoms with Gasteiger partial charge in [0.15, 0.2) is 0 Å². The lowest BCUT2D eigenvalue weighted by Gasteiger charge is -2.44. The molecule has 4 rings (SSSR count). The average Bonchev–Trinajstić information content (AvgIpc) is 3.19. The summed E-state index contributed by atoms with van der Waals surface area (Å²) in [5.41, 5.74) is 3.66. The number of fused-ring (bicyclic) bond motifs is 1. The van der Waals surface area contributed by atoms with Crippen LogP contribution in [-0.4, -0.2) is 61.6 Å². The number of carbonyl (C=O) groups is 1. The maximum Gasteiger partial charge on any atom is 0.269 e. The smallest absolute Gasteiger partial charge is 0.269 e. The number of nitro groups is 1. The molecule has 1 amide bonds. The number of methoxy groups -OCH3 is 1. The second kappa shape index (κ2) is 8.78. The van der Waals surface area contributed by atoms with Gasteiger partial charge in [0, 0.05) is 49.5 Å². The number of non-ortho nitro benzene ring substituents is 1. The van der Waals surface area contributed by atoms with Crippen LogP contribution in [0.3, 0.4) is 0 Å². The quantitative estimate of drug-likeness (QED) is 0.527. The topological polar surface area (TPSA) is 79.2 Å². The van der Waals surface area contributed by atoms with E-state index in [0.717, 1.165) is 42.2 Å². The minimum absolute atomic E-state index is 0.00227. The SMILES string of the molecule is COc1cc2c(cc1N1C[C@@H](C)N(C)[C@@H](C)C1)N(C(=O)Cc1cccc([N+](=O)[O-])c1)CC2. The number of nitro benzene ring substituents is 1. The molecule has 32 heavy (non-hydrogen) atoms. The molecule has 1 saturated heterocycles. The Kier molecular flexibility index (Phi) is 6.06. The van der Waals surface area contributed by atoms with Crippen LogP contribution in [0, 0.1) is 10.1 Å². The highest BCUT2D eigenvalue weighted by Crippen LogP contribution is 2.40. The lowest BCUT2D eigenvalue weighted by Crippen LogP contribution is -2.55. The maximum absolute atomic E-state index is 13.2. The van der Waals surface area contributed by atoms with Gasteiger partial charge in [-0.25, -0.2) is 0 Å². The molecule has 0 spiro atoms. The second-order valence-corrected chi connectivity index (χ2v) is 8.82. The molecule has 0 radical (unpaired) electrons. The summed E-state index contributed by atoms with van der Waals surface area (Å²) in [5, 5.41) is 11.1. The summed E-state index contributed by atoms with van der Waals surface area (Å²) < 4.78 is 5.73. The Morgan fingerprint density at radius 2 is 1.88 bits per heavy atom. The standard InChI is InChI=1S/C24H30N4O4/c1-16-14-26(15-17(2)25(16)3)22-13-21-19(12-23(22)32-4)8-9-27(21)24(29)11-18-6-5-7-20(10-18)28(30)31/h5-7,10,12-13,16-17H,8-9,11,14-15H2,1-4H3/t16-,17+. The fourth-order valence-corrected chi connectivity index (χ4v) is 4.72. The zero-order valence-electron chi connectivity index (χ0n) is 19.1. The Hall–Kier alpha value is -3.13. The molecule has 1 fully saturated rings. The lowest BCUT2D eigenvalue weighted by molar-refractivity contribution is -0.384. The predicted molar refractivity (Wildman–Crippen MR) is 125 cm³/mol. The number of hydrogen-bond donors (Lipinski definition) is 0. The fraction of sp³-hybridized carbons (Fsp3) is 0.458. The van der Waals surface area contributed by atoms with Gasteiger partial charge < -0.3 is 14.5 Å². The molecule has 0 aliphatic carbocycles. The van der Waals surface area contributed by atoms with Gasteiger partial charge >= 0.3 is 0 Å². The summed E-state index contributed by atoms with van der Waals surface area (Å²) in [6, 6.07) is 11.2. The Morgan fingerprint density at radius 3 is 2.53 bits per heavy atom. The van der Waals surface area contributed by atoms with Crippen LogP contribution in [-0.2, 0) is 17.6 Å². The van der Waals surface area contributed by atoms with Crippen LogP contribution in [0.5, 0.6) is 5.75 Å². The van der Waals surface area contributed by atoms with Gasteiger partial charge in [-0.05, 0) is 50.6 Å². The van der Waals surface area contributed by atoms with Gasteiger partial charge in [-0.1, -0.05) is 12.1 Å². The Labute approximate surface area is 188 Å². The third-order valence-corrected chi connectivity index (χ3v) is 6.75. The first-order chi connectivity index (χ1) is 15.3. The maximum atomic E-state index is 13.2. The van der Waals surface area contributed by atoms with Gasteiger partial charge in [0.2, 0.25) is 5.91 Å². The van der Waals surface area contributed by atoms with Crippen molar-refractivity contribution >= 4 is 23.0 Å². The van der Waals surface area contributed by atoms with Crippen molar-refractivity contribution < 1.29 is 14.5 Å². The van der Waals surface area contributed by atoms with Gasteiger partial charge in [-0.15, -0.1) is 0 Å². The van der Waals surface area contributed by atoms with Crippen molar-refractivity contribution in [3.63, 3.8) is 0 Å². The van der Waals surface area contributed by atoms with E-state index in [1.54, 1.807) is 24.1 Å². The number of benzene rings is 2. The van der Waals surface area contributed by atoms with Gasteiger partial charge in [-0.2, -0.15) is 0 Å². The number of amides is 1. The third kappa shape index (κ3) is 4.14. The Bertz CT molecular complexity index is 1030. The Morgan fingerprint density at radius 1 is 1.16 bits per heavy atom. The minimum Gasteiger partial charge on any atom is -0.495 e. The van der Waals surface area contributed by atoms with E-state index in [1.165, 1.54) is 12.1 Å². The van der Waals surface area contributed by atoms with E-state index in [4.69, 9.17) is 4.74 Å². The number of rotatable bonds is 5. The van der Waals surface area contributed by atoms with E-state index in [0.29, 0.717) is 24.2 Å². The monoisotopic (exact) mass is 438 g/mol. The summed E-state index contributed by atoms with van der Waals surface area (Å²) in [7, 11) is 3.84. The number of anilines is 2. The summed E-state index contributed by atoms with van der Waals surface area (Å²) >= 11 is 0. The van der Waals surface area contributed by atoms with Crippen LogP contribution in [0.2, 0.25) is 0 Å². The number of likely N-dealkylation sites (N-methyl/N-ethyl adjacent to an activating group) is 1. The first-order valence-corrected chi connectivity index (χ1v) is 11.0. The number of carbonyl (C=O) groups excluding carboxylic acids is 1. The molecule has 2 atom stereocenters. The van der Waals surface area contributed by atoms with Crippen molar-refractivity contribution in [3.8, 4) is 5.75 Å². The van der Waals surface area contributed by atoms with Crippen LogP contribution >= 0.6 is 0 Å². The molecule has 2 aromatic rings. The van der Waals surface area contributed by atoms with Crippen molar-refractivity contribution in [3.05, 3.63) is 57.6 Å². The molecule has 2 heterocycles. The normalized spacial score (nSPS) is 20.9. The fourth-order valence-electron chi connectivity index (χ4n) is 4.72. The third-order valence-electron chi connectivity index (χ3n) is 6.75. The van der Waals surface area contributed by atoms with Gasteiger partial charge in [0.25, 0.3) is 5.69 Å². The molecule has 0 N–H and O–H groups in total. The van der Waals surface area contributed by atoms with Gasteiger partial charge in [-0.3, -0.25) is 19.8 Å². The van der Waals surface area contributed by atoms with Crippen molar-refractivity contribution in [2.45, 2.75) is 38.8 Å². The zero-order valence-corrected chi connectivity index (χ0v) is 19.1. The number of ether oxygens (including phenoxy) is 1. The average molecular weight is 439 g/mol. The molecule has 8 heteroatoms. The summed E-state index contributed by atoms with van der Waals surface area (Å²) in [4.78, 5) is 30.3. The highest BCUT2D eigenvalue weighted by molar-refractivity contribution is 5.97. The molecule has 2 aliphatic heterocycles. The summed E-state index contributed by atoms with van der Waals surface area (Å²) in [5.74, 6) is 0.779. The van der Waals surface area contributed by atoms with Crippen LogP contribution in [0.15, 0.2) is 36.4 Å². The number of nitrogens with zero attached hydrogens (tertiary/aromatic N) is 4. The van der Waals surface area contributed by atoms with E-state index in [1.807, 2.05) is 0 Å². The molecule has 2 aliphatic rings. The molecule has 170 valence electrons. The van der Waals surface area contributed by atoms with Crippen LogP contribution in [0.25, 0.3) is 0 Å². The van der Waals surface area contributed by atoms with Crippen molar-refractivity contribution in [2.24, 2.45) is 0 Å². The first kappa shape index (κ1) is 22.1. The van der Waals surface area contributed by atoms with Gasteiger partial charge in [0.1, 0.15) is 5.75 Å². The second-order valence-electron chi connectivity index (χ2n) is 8.82. The number of hydrogen-bond acceptors (Lipinski definition) is 6. The molecule has 2 aromatic carbocycles. The van der Waals surface area contributed by atoms with E-state index >= 15 is 0 Å². The zero-order chi connectivity index (χ0) is 23.0. The molecule has 8 nitrogen and oxygen atoms in total. The summed E-state index contributed by atoms with van der Waals surface area (Å²) in [6.45, 7) is 6.81. The minimum atomic E-state index is -0.435. The molecule has 0 saturated carbocycles. The highest BCUT2D eigenvalue weighted by atomic mass is 16.6. The molecular formula is C24H30N4O4. The van der Waals surface area contributed by atoms with E-state index in [9.17, 15) is 14.9 Å². The van der Waals surface area contributed by atoms with Crippen molar-refractivity contribution in [1.29, 1.82) is 0 Å². The van der Waals surface area contributed by atoms with Crippen LogP contribution in [0.1, 0.15) is 25.0 Å². The summed E-state index contributed by atoms with van der Waals surface area (Å²) in [6.07, 6.45) is 0.896. The van der Waals surface area contributed by atoms with Crippen molar-refractivity contribution in [1.82, 2.24) is 4.90 Å².